The molecule has 1 atom stereocenters. The molecule has 3 nitrogen and oxygen atoms in total. The minimum atomic E-state index is -0.222. The highest BCUT2D eigenvalue weighted by molar-refractivity contribution is 8.01. The van der Waals surface area contributed by atoms with Crippen LogP contribution in [-0.4, -0.2) is 9.36 Å². The van der Waals surface area contributed by atoms with Crippen molar-refractivity contribution in [3.8, 4) is 0 Å². The van der Waals surface area contributed by atoms with Crippen LogP contribution in [0.2, 0.25) is 0 Å². The van der Waals surface area contributed by atoms with Crippen LogP contribution in [0.15, 0.2) is 21.4 Å². The average molecular weight is 283 g/mol. The van der Waals surface area contributed by atoms with Gasteiger partial charge in [-0.25, -0.2) is 9.37 Å². The number of aromatic nitrogens is 2. The number of aryl methyl sites for hydroxylation is 2. The minimum absolute atomic E-state index is 0.211. The molecular weight excluding hydrogens is 269 g/mol. The predicted molar refractivity (Wildman–Crippen MR) is 72.5 cm³/mol. The zero-order valence-corrected chi connectivity index (χ0v) is 12.0. The van der Waals surface area contributed by atoms with Crippen LogP contribution >= 0.6 is 23.3 Å². The maximum absolute atomic E-state index is 13.6. The summed E-state index contributed by atoms with van der Waals surface area (Å²) in [6, 6.07) is 3.11. The number of hydrogen-bond donors (Lipinski definition) is 1. The van der Waals surface area contributed by atoms with Crippen molar-refractivity contribution in [2.24, 2.45) is 5.73 Å². The molecule has 0 aliphatic heterocycles. The Morgan fingerprint density at radius 1 is 1.39 bits per heavy atom. The van der Waals surface area contributed by atoms with Crippen LogP contribution in [0.5, 0.6) is 0 Å². The Labute approximate surface area is 114 Å². The molecule has 96 valence electrons. The second kappa shape index (κ2) is 5.34. The number of halogens is 1. The SMILES string of the molecule is Cc1nsc(Sc2cc(C)c(F)cc2[C@@H](C)N)n1. The molecule has 0 radical (unpaired) electrons. The molecule has 0 spiro atoms. The van der Waals surface area contributed by atoms with Gasteiger partial charge in [-0.3, -0.25) is 0 Å². The highest BCUT2D eigenvalue weighted by Crippen LogP contribution is 2.35. The molecule has 0 unspecified atom stereocenters. The van der Waals surface area contributed by atoms with Crippen molar-refractivity contribution in [1.82, 2.24) is 9.36 Å². The lowest BCUT2D eigenvalue weighted by molar-refractivity contribution is 0.610. The molecule has 0 amide bonds. The molecule has 2 rings (SSSR count). The number of nitrogens with zero attached hydrogens (tertiary/aromatic N) is 2. The number of rotatable bonds is 3. The van der Waals surface area contributed by atoms with Crippen molar-refractivity contribution in [3.63, 3.8) is 0 Å². The highest BCUT2D eigenvalue weighted by atomic mass is 32.2. The fourth-order valence-electron chi connectivity index (χ4n) is 1.53. The molecule has 1 aromatic heterocycles. The summed E-state index contributed by atoms with van der Waals surface area (Å²) in [4.78, 5) is 5.24. The first-order valence-corrected chi connectivity index (χ1v) is 7.10. The van der Waals surface area contributed by atoms with E-state index in [0.29, 0.717) is 5.56 Å². The van der Waals surface area contributed by atoms with E-state index >= 15 is 0 Å². The van der Waals surface area contributed by atoms with Crippen molar-refractivity contribution in [1.29, 1.82) is 0 Å². The second-order valence-electron chi connectivity index (χ2n) is 4.14. The zero-order chi connectivity index (χ0) is 13.3. The predicted octanol–water partition coefficient (Wildman–Crippen LogP) is 3.46. The normalized spacial score (nSPS) is 12.7. The van der Waals surface area contributed by atoms with Crippen LogP contribution in [0.1, 0.15) is 29.9 Å². The van der Waals surface area contributed by atoms with Crippen LogP contribution < -0.4 is 5.73 Å². The van der Waals surface area contributed by atoms with Gasteiger partial charge in [-0.1, -0.05) is 11.8 Å². The quantitative estimate of drug-likeness (QED) is 0.937. The van der Waals surface area contributed by atoms with Gasteiger partial charge in [0.25, 0.3) is 0 Å². The monoisotopic (exact) mass is 283 g/mol. The maximum atomic E-state index is 13.6. The average Bonchev–Trinajstić information content (AvgIpc) is 2.68. The largest absolute Gasteiger partial charge is 0.324 e. The van der Waals surface area contributed by atoms with Crippen LogP contribution in [0.4, 0.5) is 4.39 Å². The van der Waals surface area contributed by atoms with Crippen LogP contribution in [0.25, 0.3) is 0 Å². The van der Waals surface area contributed by atoms with E-state index in [1.807, 2.05) is 19.9 Å². The Balaban J connectivity index is 2.39. The zero-order valence-electron chi connectivity index (χ0n) is 10.4. The van der Waals surface area contributed by atoms with E-state index in [2.05, 4.69) is 9.36 Å². The summed E-state index contributed by atoms with van der Waals surface area (Å²) in [6.07, 6.45) is 0. The summed E-state index contributed by atoms with van der Waals surface area (Å²) in [6.45, 7) is 5.44. The molecule has 0 aliphatic carbocycles. The lowest BCUT2D eigenvalue weighted by Crippen LogP contribution is -2.07. The van der Waals surface area contributed by atoms with Gasteiger partial charge in [0.15, 0.2) is 4.34 Å². The van der Waals surface area contributed by atoms with Gasteiger partial charge in [-0.2, -0.15) is 4.37 Å². The van der Waals surface area contributed by atoms with Crippen molar-refractivity contribution in [2.75, 3.05) is 0 Å². The Morgan fingerprint density at radius 2 is 2.11 bits per heavy atom. The number of benzene rings is 1. The van der Waals surface area contributed by atoms with Crippen molar-refractivity contribution < 1.29 is 4.39 Å². The third-order valence-corrected chi connectivity index (χ3v) is 4.40. The first-order valence-electron chi connectivity index (χ1n) is 5.51. The van der Waals surface area contributed by atoms with Gasteiger partial charge in [-0.05, 0) is 55.6 Å². The molecule has 6 heteroatoms. The maximum Gasteiger partial charge on any atom is 0.174 e. The molecule has 0 aliphatic rings. The van der Waals surface area contributed by atoms with Gasteiger partial charge < -0.3 is 5.73 Å². The van der Waals surface area contributed by atoms with Crippen LogP contribution in [-0.2, 0) is 0 Å². The van der Waals surface area contributed by atoms with Gasteiger partial charge in [0, 0.05) is 10.9 Å². The molecule has 2 aromatic rings. The molecule has 1 aromatic carbocycles. The molecule has 18 heavy (non-hydrogen) atoms. The van der Waals surface area contributed by atoms with Gasteiger partial charge in [0.2, 0.25) is 0 Å². The van der Waals surface area contributed by atoms with E-state index in [9.17, 15) is 4.39 Å². The Bertz CT molecular complexity index is 566. The Morgan fingerprint density at radius 3 is 2.67 bits per heavy atom. The van der Waals surface area contributed by atoms with Gasteiger partial charge in [0.05, 0.1) is 0 Å². The van der Waals surface area contributed by atoms with Crippen molar-refractivity contribution in [2.45, 2.75) is 36.0 Å². The van der Waals surface area contributed by atoms with E-state index in [4.69, 9.17) is 5.73 Å². The second-order valence-corrected chi connectivity index (χ2v) is 6.18. The number of nitrogens with two attached hydrogens (primary N) is 1. The summed E-state index contributed by atoms with van der Waals surface area (Å²) >= 11 is 2.83. The van der Waals surface area contributed by atoms with E-state index in [-0.39, 0.29) is 11.9 Å². The van der Waals surface area contributed by atoms with Gasteiger partial charge in [-0.15, -0.1) is 0 Å². The highest BCUT2D eigenvalue weighted by Gasteiger charge is 2.13. The fraction of sp³-hybridized carbons (Fsp3) is 0.333. The van der Waals surface area contributed by atoms with E-state index in [1.54, 1.807) is 6.92 Å². The van der Waals surface area contributed by atoms with E-state index in [0.717, 1.165) is 20.6 Å². The topological polar surface area (TPSA) is 51.8 Å². The lowest BCUT2D eigenvalue weighted by atomic mass is 10.1. The molecule has 0 saturated heterocycles. The fourth-order valence-corrected chi connectivity index (χ4v) is 3.45. The van der Waals surface area contributed by atoms with E-state index < -0.39 is 0 Å². The Kier molecular flexibility index (Phi) is 3.99. The molecule has 0 bridgehead atoms. The smallest absolute Gasteiger partial charge is 0.174 e. The lowest BCUT2D eigenvalue weighted by Gasteiger charge is -2.12. The molecule has 1 heterocycles. The first-order chi connectivity index (χ1) is 8.47. The molecule has 2 N–H and O–H groups in total. The van der Waals surface area contributed by atoms with E-state index in [1.165, 1.54) is 29.4 Å². The molecular formula is C12H14FN3S2. The number of hydrogen-bond acceptors (Lipinski definition) is 5. The molecule has 0 fully saturated rings. The summed E-state index contributed by atoms with van der Waals surface area (Å²) in [5.74, 6) is 0.531. The van der Waals surface area contributed by atoms with Crippen LogP contribution in [0, 0.1) is 19.7 Å². The molecule has 0 saturated carbocycles. The van der Waals surface area contributed by atoms with Gasteiger partial charge >= 0.3 is 0 Å². The Hall–Kier alpha value is -0.980. The third kappa shape index (κ3) is 2.88. The summed E-state index contributed by atoms with van der Waals surface area (Å²) in [5, 5.41) is 0. The summed E-state index contributed by atoms with van der Waals surface area (Å²) in [5.41, 5.74) is 7.30. The van der Waals surface area contributed by atoms with Gasteiger partial charge in [0.1, 0.15) is 11.6 Å². The summed E-state index contributed by atoms with van der Waals surface area (Å²) < 4.78 is 18.6. The van der Waals surface area contributed by atoms with Crippen molar-refractivity contribution >= 4 is 23.3 Å². The third-order valence-electron chi connectivity index (χ3n) is 2.49. The summed E-state index contributed by atoms with van der Waals surface area (Å²) in [7, 11) is 0. The van der Waals surface area contributed by atoms with Crippen molar-refractivity contribution in [3.05, 3.63) is 34.9 Å². The first kappa shape index (κ1) is 13.5. The van der Waals surface area contributed by atoms with Crippen LogP contribution in [0.3, 0.4) is 0 Å². The standard InChI is InChI=1S/C12H14FN3S2/c1-6-4-11(9(7(2)14)5-10(6)13)17-12-15-8(3)16-18-12/h4-5,7H,14H2,1-3H3/t7-/m1/s1. The minimum Gasteiger partial charge on any atom is -0.324 e.